The van der Waals surface area contributed by atoms with Crippen LogP contribution in [0.2, 0.25) is 0 Å². The van der Waals surface area contributed by atoms with Crippen LogP contribution < -0.4 is 10.6 Å². The lowest BCUT2D eigenvalue weighted by Crippen LogP contribution is -2.38. The second-order valence-electron chi connectivity index (χ2n) is 11.3. The number of rotatable bonds is 9. The van der Waals surface area contributed by atoms with E-state index in [0.717, 1.165) is 50.2 Å². The molecule has 2 N–H and O–H groups in total. The van der Waals surface area contributed by atoms with Crippen LogP contribution in [0.5, 0.6) is 0 Å². The molecule has 7 nitrogen and oxygen atoms in total. The number of hydrogen-bond donors (Lipinski definition) is 2. The molecule has 1 aliphatic rings. The van der Waals surface area contributed by atoms with Crippen LogP contribution in [0, 0.1) is 0 Å². The first-order valence-corrected chi connectivity index (χ1v) is 15.0. The number of nitrogens with zero attached hydrogens (tertiary/aromatic N) is 5. The topological polar surface area (TPSA) is 78.9 Å². The van der Waals surface area contributed by atoms with E-state index in [4.69, 9.17) is 4.98 Å². The fourth-order valence-corrected chi connectivity index (χ4v) is 5.60. The minimum absolute atomic E-state index is 0.0649. The molecule has 0 unspecified atom stereocenters. The number of benzene rings is 3. The molecule has 1 aliphatic heterocycles. The normalized spacial score (nSPS) is 15.0. The van der Waals surface area contributed by atoms with Gasteiger partial charge >= 0.3 is 6.18 Å². The third kappa shape index (κ3) is 7.64. The van der Waals surface area contributed by atoms with Crippen LogP contribution in [0.15, 0.2) is 103 Å². The number of halogens is 3. The van der Waals surface area contributed by atoms with E-state index in [-0.39, 0.29) is 12.1 Å². The fraction of sp³-hybridized carbons (Fsp3) is 0.257. The SMILES string of the molecule is C[C@H](Nc1nccc(-c2cc(NC3CCN(Cc4ccccc4)CC3)nnc2-c2cccc(C(F)(F)F)c2)n1)c1ccccc1. The van der Waals surface area contributed by atoms with Crippen molar-refractivity contribution in [2.45, 2.75) is 44.6 Å². The van der Waals surface area contributed by atoms with Crippen molar-refractivity contribution in [2.75, 3.05) is 23.7 Å². The van der Waals surface area contributed by atoms with Crippen molar-refractivity contribution in [2.24, 2.45) is 0 Å². The van der Waals surface area contributed by atoms with Crippen LogP contribution in [-0.4, -0.2) is 44.2 Å². The first-order valence-electron chi connectivity index (χ1n) is 15.0. The average Bonchev–Trinajstić information content (AvgIpc) is 3.06. The zero-order valence-corrected chi connectivity index (χ0v) is 24.9. The summed E-state index contributed by atoms with van der Waals surface area (Å²) in [5, 5.41) is 15.7. The molecule has 1 fully saturated rings. The zero-order valence-electron chi connectivity index (χ0n) is 24.9. The average molecular weight is 610 g/mol. The van der Waals surface area contributed by atoms with Crippen LogP contribution in [0.3, 0.4) is 0 Å². The minimum Gasteiger partial charge on any atom is -0.366 e. The van der Waals surface area contributed by atoms with Gasteiger partial charge in [0.25, 0.3) is 0 Å². The van der Waals surface area contributed by atoms with Crippen molar-refractivity contribution in [3.05, 3.63) is 120 Å². The Balaban J connectivity index is 1.26. The van der Waals surface area contributed by atoms with Crippen molar-refractivity contribution < 1.29 is 13.2 Å². The Kier molecular flexibility index (Phi) is 9.02. The molecule has 0 radical (unpaired) electrons. The Morgan fingerprint density at radius 2 is 1.60 bits per heavy atom. The standard InChI is InChI=1S/C35H34F3N7/c1-24(26-11-6-3-7-12-26)40-34-39-18-15-31(42-34)30-22-32(43-44-33(30)27-13-8-14-28(21-27)35(36,37)38)41-29-16-19-45(20-17-29)23-25-9-4-2-5-10-25/h2-15,18,21-22,24,29H,16-17,19-20,23H2,1H3,(H,41,43)(H,39,40,42)/t24-/m0/s1. The Bertz CT molecular complexity index is 1710. The number of nitrogens with one attached hydrogen (secondary N) is 2. The molecule has 1 saturated heterocycles. The lowest BCUT2D eigenvalue weighted by Gasteiger charge is -2.32. The highest BCUT2D eigenvalue weighted by Crippen LogP contribution is 2.36. The third-order valence-electron chi connectivity index (χ3n) is 8.02. The lowest BCUT2D eigenvalue weighted by molar-refractivity contribution is -0.137. The summed E-state index contributed by atoms with van der Waals surface area (Å²) < 4.78 is 40.9. The van der Waals surface area contributed by atoms with Gasteiger partial charge in [0.05, 0.1) is 17.3 Å². The van der Waals surface area contributed by atoms with Crippen LogP contribution >= 0.6 is 0 Å². The van der Waals surface area contributed by atoms with E-state index < -0.39 is 11.7 Å². The van der Waals surface area contributed by atoms with Crippen LogP contribution in [0.4, 0.5) is 24.9 Å². The van der Waals surface area contributed by atoms with E-state index in [2.05, 4.69) is 55.0 Å². The summed E-state index contributed by atoms with van der Waals surface area (Å²) in [6.45, 7) is 4.81. The van der Waals surface area contributed by atoms with Gasteiger partial charge in [-0.15, -0.1) is 10.2 Å². The second kappa shape index (κ2) is 13.4. The van der Waals surface area contributed by atoms with Gasteiger partial charge in [-0.1, -0.05) is 72.8 Å². The predicted molar refractivity (Wildman–Crippen MR) is 170 cm³/mol. The Morgan fingerprint density at radius 1 is 0.867 bits per heavy atom. The quantitative estimate of drug-likeness (QED) is 0.176. The van der Waals surface area contributed by atoms with Gasteiger partial charge in [-0.05, 0) is 55.2 Å². The van der Waals surface area contributed by atoms with Crippen molar-refractivity contribution in [3.8, 4) is 22.5 Å². The van der Waals surface area contributed by atoms with Crippen LogP contribution in [0.1, 0.15) is 42.5 Å². The van der Waals surface area contributed by atoms with E-state index in [0.29, 0.717) is 34.3 Å². The highest BCUT2D eigenvalue weighted by atomic mass is 19.4. The van der Waals surface area contributed by atoms with Crippen molar-refractivity contribution >= 4 is 11.8 Å². The zero-order chi connectivity index (χ0) is 31.2. The largest absolute Gasteiger partial charge is 0.416 e. The molecule has 5 aromatic rings. The van der Waals surface area contributed by atoms with Gasteiger partial charge in [0.15, 0.2) is 0 Å². The van der Waals surface area contributed by atoms with Crippen molar-refractivity contribution in [1.82, 2.24) is 25.1 Å². The van der Waals surface area contributed by atoms with Crippen LogP contribution in [-0.2, 0) is 12.7 Å². The summed E-state index contributed by atoms with van der Waals surface area (Å²) in [5.41, 5.74) is 3.31. The number of alkyl halides is 3. The first-order chi connectivity index (χ1) is 21.8. The van der Waals surface area contributed by atoms with Gasteiger partial charge in [0, 0.05) is 43.0 Å². The molecular formula is C35H34F3N7. The summed E-state index contributed by atoms with van der Waals surface area (Å²) in [6, 6.07) is 29.2. The molecule has 0 aliphatic carbocycles. The maximum absolute atomic E-state index is 13.6. The summed E-state index contributed by atoms with van der Waals surface area (Å²) in [6.07, 6.45) is -0.995. The molecule has 0 saturated carbocycles. The fourth-order valence-electron chi connectivity index (χ4n) is 5.60. The molecule has 0 spiro atoms. The van der Waals surface area contributed by atoms with Gasteiger partial charge < -0.3 is 10.6 Å². The Hall–Kier alpha value is -4.83. The Morgan fingerprint density at radius 3 is 2.33 bits per heavy atom. The minimum atomic E-state index is -4.49. The molecule has 2 aromatic heterocycles. The second-order valence-corrected chi connectivity index (χ2v) is 11.3. The maximum Gasteiger partial charge on any atom is 0.416 e. The molecule has 0 amide bonds. The maximum atomic E-state index is 13.6. The molecule has 10 heteroatoms. The van der Waals surface area contributed by atoms with Crippen molar-refractivity contribution in [3.63, 3.8) is 0 Å². The number of hydrogen-bond acceptors (Lipinski definition) is 7. The molecule has 6 rings (SSSR count). The monoisotopic (exact) mass is 609 g/mol. The molecule has 230 valence electrons. The molecule has 45 heavy (non-hydrogen) atoms. The van der Waals surface area contributed by atoms with E-state index >= 15 is 0 Å². The molecule has 1 atom stereocenters. The number of piperidine rings is 1. The van der Waals surface area contributed by atoms with Crippen molar-refractivity contribution in [1.29, 1.82) is 0 Å². The summed E-state index contributed by atoms with van der Waals surface area (Å²) in [4.78, 5) is 11.6. The predicted octanol–water partition coefficient (Wildman–Crippen LogP) is 7.87. The third-order valence-corrected chi connectivity index (χ3v) is 8.02. The van der Waals surface area contributed by atoms with Gasteiger partial charge in [0.1, 0.15) is 11.5 Å². The summed E-state index contributed by atoms with van der Waals surface area (Å²) in [7, 11) is 0. The van der Waals surface area contributed by atoms with Gasteiger partial charge in [-0.2, -0.15) is 13.2 Å². The van der Waals surface area contributed by atoms with E-state index in [9.17, 15) is 13.2 Å². The highest BCUT2D eigenvalue weighted by molar-refractivity contribution is 5.80. The van der Waals surface area contributed by atoms with E-state index in [1.165, 1.54) is 11.6 Å². The summed E-state index contributed by atoms with van der Waals surface area (Å²) in [5.74, 6) is 0.948. The molecule has 3 heterocycles. The molecule has 0 bridgehead atoms. The number of anilines is 2. The smallest absolute Gasteiger partial charge is 0.366 e. The molecule has 3 aromatic carbocycles. The number of aromatic nitrogens is 4. The van der Waals surface area contributed by atoms with Crippen LogP contribution in [0.25, 0.3) is 22.5 Å². The van der Waals surface area contributed by atoms with E-state index in [1.807, 2.05) is 49.4 Å². The summed E-state index contributed by atoms with van der Waals surface area (Å²) >= 11 is 0. The van der Waals surface area contributed by atoms with E-state index in [1.54, 1.807) is 18.3 Å². The number of likely N-dealkylation sites (tertiary alicyclic amines) is 1. The highest BCUT2D eigenvalue weighted by Gasteiger charge is 2.31. The lowest BCUT2D eigenvalue weighted by atomic mass is 10.0. The van der Waals surface area contributed by atoms with Gasteiger partial charge in [-0.3, -0.25) is 4.90 Å². The Labute approximate surface area is 260 Å². The van der Waals surface area contributed by atoms with Gasteiger partial charge in [0.2, 0.25) is 5.95 Å². The van der Waals surface area contributed by atoms with Gasteiger partial charge in [-0.25, -0.2) is 9.97 Å². The first kappa shape index (κ1) is 30.2. The molecular weight excluding hydrogens is 575 g/mol.